The molecule has 0 aromatic heterocycles. The number of nitrogens with one attached hydrogen (secondary N) is 1. The van der Waals surface area contributed by atoms with Gasteiger partial charge in [0.2, 0.25) is 0 Å². The summed E-state index contributed by atoms with van der Waals surface area (Å²) in [5.41, 5.74) is 1.45. The molecular weight excluding hydrogens is 230 g/mol. The van der Waals surface area contributed by atoms with Crippen molar-refractivity contribution in [3.05, 3.63) is 29.8 Å². The average Bonchev–Trinajstić information content (AvgIpc) is 2.36. The zero-order chi connectivity index (χ0) is 12.1. The molecule has 2 unspecified atom stereocenters. The molecule has 1 aliphatic rings. The normalized spacial score (nSPS) is 20.9. The maximum atomic E-state index is 5.55. The van der Waals surface area contributed by atoms with E-state index in [4.69, 9.17) is 4.74 Å². The van der Waals surface area contributed by atoms with Crippen molar-refractivity contribution in [1.29, 1.82) is 0 Å². The molecule has 1 aromatic carbocycles. The minimum absolute atomic E-state index is 0.293. The summed E-state index contributed by atoms with van der Waals surface area (Å²) in [4.78, 5) is 1.43. The first kappa shape index (κ1) is 12.9. The van der Waals surface area contributed by atoms with Gasteiger partial charge in [-0.15, -0.1) is 11.8 Å². The number of ether oxygens (including phenoxy) is 1. The summed E-state index contributed by atoms with van der Waals surface area (Å²) < 4.78 is 5.55. The van der Waals surface area contributed by atoms with Crippen LogP contribution in [0.15, 0.2) is 29.2 Å². The monoisotopic (exact) mass is 251 g/mol. The second-order valence-electron chi connectivity index (χ2n) is 4.40. The van der Waals surface area contributed by atoms with Crippen LogP contribution in [-0.2, 0) is 4.74 Å². The fourth-order valence-electron chi connectivity index (χ4n) is 2.21. The van der Waals surface area contributed by atoms with E-state index in [1.54, 1.807) is 0 Å². The summed E-state index contributed by atoms with van der Waals surface area (Å²) in [6, 6.07) is 9.21. The molecule has 0 amide bonds. The lowest BCUT2D eigenvalue weighted by atomic mass is 10.0. The second kappa shape index (κ2) is 6.43. The molecule has 0 radical (unpaired) electrons. The third kappa shape index (κ3) is 3.47. The maximum Gasteiger partial charge on any atom is 0.0671 e. The van der Waals surface area contributed by atoms with E-state index in [0.717, 1.165) is 13.2 Å². The van der Waals surface area contributed by atoms with Crippen LogP contribution in [0.2, 0.25) is 0 Å². The van der Waals surface area contributed by atoms with E-state index < -0.39 is 0 Å². The van der Waals surface area contributed by atoms with Crippen molar-refractivity contribution >= 4 is 11.8 Å². The summed E-state index contributed by atoms with van der Waals surface area (Å²) in [5.74, 6) is 1.21. The van der Waals surface area contributed by atoms with Crippen molar-refractivity contribution in [2.45, 2.75) is 37.3 Å². The molecule has 0 saturated carbocycles. The van der Waals surface area contributed by atoms with E-state index in [-0.39, 0.29) is 0 Å². The number of thioether (sulfide) groups is 1. The molecule has 0 spiro atoms. The Morgan fingerprint density at radius 1 is 1.47 bits per heavy atom. The van der Waals surface area contributed by atoms with Crippen LogP contribution >= 0.6 is 11.8 Å². The quantitative estimate of drug-likeness (QED) is 0.868. The first-order valence-electron chi connectivity index (χ1n) is 6.38. The highest BCUT2D eigenvalue weighted by atomic mass is 32.2. The van der Waals surface area contributed by atoms with Gasteiger partial charge in [-0.1, -0.05) is 18.2 Å². The number of hydrogen-bond donors (Lipinski definition) is 1. The zero-order valence-electron chi connectivity index (χ0n) is 10.6. The van der Waals surface area contributed by atoms with Crippen molar-refractivity contribution < 1.29 is 4.74 Å². The van der Waals surface area contributed by atoms with Crippen LogP contribution in [-0.4, -0.2) is 25.0 Å². The lowest BCUT2D eigenvalue weighted by Crippen LogP contribution is -2.32. The predicted molar refractivity (Wildman–Crippen MR) is 73.6 cm³/mol. The van der Waals surface area contributed by atoms with Gasteiger partial charge in [0.25, 0.3) is 0 Å². The number of rotatable bonds is 5. The van der Waals surface area contributed by atoms with Crippen LogP contribution in [0.1, 0.15) is 31.9 Å². The molecular formula is C14H21NOS. The molecule has 0 aliphatic carbocycles. The molecule has 1 aliphatic heterocycles. The van der Waals surface area contributed by atoms with Crippen LogP contribution in [0.5, 0.6) is 0 Å². The minimum atomic E-state index is 0.293. The Morgan fingerprint density at radius 3 is 3.12 bits per heavy atom. The van der Waals surface area contributed by atoms with Gasteiger partial charge in [0.15, 0.2) is 0 Å². The van der Waals surface area contributed by atoms with Gasteiger partial charge < -0.3 is 10.1 Å². The molecule has 3 heteroatoms. The Bertz CT molecular complexity index is 356. The van der Waals surface area contributed by atoms with Gasteiger partial charge >= 0.3 is 0 Å². The van der Waals surface area contributed by atoms with Gasteiger partial charge in [-0.3, -0.25) is 0 Å². The number of fused-ring (bicyclic) bond motifs is 1. The van der Waals surface area contributed by atoms with Crippen LogP contribution in [0.4, 0.5) is 0 Å². The van der Waals surface area contributed by atoms with Crippen molar-refractivity contribution in [2.24, 2.45) is 0 Å². The molecule has 94 valence electrons. The zero-order valence-corrected chi connectivity index (χ0v) is 11.4. The Balaban J connectivity index is 1.94. The van der Waals surface area contributed by atoms with Crippen LogP contribution in [0, 0.1) is 0 Å². The lowest BCUT2D eigenvalue weighted by molar-refractivity contribution is 0.0737. The molecule has 1 heterocycles. The second-order valence-corrected chi connectivity index (χ2v) is 5.54. The summed E-state index contributed by atoms with van der Waals surface area (Å²) in [7, 11) is 0. The largest absolute Gasteiger partial charge is 0.377 e. The van der Waals surface area contributed by atoms with E-state index >= 15 is 0 Å². The molecule has 1 N–H and O–H groups in total. The van der Waals surface area contributed by atoms with Crippen LogP contribution in [0.3, 0.4) is 0 Å². The maximum absolute atomic E-state index is 5.55. The van der Waals surface area contributed by atoms with Gasteiger partial charge in [0, 0.05) is 24.1 Å². The Morgan fingerprint density at radius 2 is 2.29 bits per heavy atom. The van der Waals surface area contributed by atoms with E-state index in [1.807, 2.05) is 18.7 Å². The van der Waals surface area contributed by atoms with Crippen molar-refractivity contribution in [1.82, 2.24) is 5.32 Å². The highest BCUT2D eigenvalue weighted by Gasteiger charge is 2.20. The first-order valence-corrected chi connectivity index (χ1v) is 7.36. The molecule has 0 bridgehead atoms. The van der Waals surface area contributed by atoms with Gasteiger partial charge in [-0.05, 0) is 37.7 Å². The minimum Gasteiger partial charge on any atom is -0.377 e. The average molecular weight is 251 g/mol. The molecule has 0 saturated heterocycles. The third-order valence-corrected chi connectivity index (χ3v) is 4.18. The Kier molecular flexibility index (Phi) is 4.89. The SMILES string of the molecule is CCOC(C)CNC1CCSc2ccccc21. The molecule has 2 atom stereocenters. The summed E-state index contributed by atoms with van der Waals surface area (Å²) >= 11 is 1.97. The molecule has 17 heavy (non-hydrogen) atoms. The fourth-order valence-corrected chi connectivity index (χ4v) is 3.33. The van der Waals surface area contributed by atoms with Gasteiger partial charge in [-0.2, -0.15) is 0 Å². The van der Waals surface area contributed by atoms with E-state index in [0.29, 0.717) is 12.1 Å². The fraction of sp³-hybridized carbons (Fsp3) is 0.571. The molecule has 0 fully saturated rings. The smallest absolute Gasteiger partial charge is 0.0671 e. The number of benzene rings is 1. The Hall–Kier alpha value is -0.510. The van der Waals surface area contributed by atoms with Crippen LogP contribution < -0.4 is 5.32 Å². The predicted octanol–water partition coefficient (Wildman–Crippen LogP) is 3.24. The van der Waals surface area contributed by atoms with Crippen molar-refractivity contribution in [2.75, 3.05) is 18.9 Å². The molecule has 2 nitrogen and oxygen atoms in total. The van der Waals surface area contributed by atoms with E-state index in [9.17, 15) is 0 Å². The first-order chi connectivity index (χ1) is 8.31. The van der Waals surface area contributed by atoms with Crippen molar-refractivity contribution in [3.63, 3.8) is 0 Å². The van der Waals surface area contributed by atoms with Gasteiger partial charge in [0.1, 0.15) is 0 Å². The molecule has 2 rings (SSSR count). The molecule has 1 aromatic rings. The van der Waals surface area contributed by atoms with Crippen molar-refractivity contribution in [3.8, 4) is 0 Å². The topological polar surface area (TPSA) is 21.3 Å². The summed E-state index contributed by atoms with van der Waals surface area (Å²) in [6.45, 7) is 5.89. The summed E-state index contributed by atoms with van der Waals surface area (Å²) in [6.07, 6.45) is 1.50. The Labute approximate surface area is 108 Å². The van der Waals surface area contributed by atoms with E-state index in [2.05, 4.69) is 36.5 Å². The summed E-state index contributed by atoms with van der Waals surface area (Å²) in [5, 5.41) is 3.62. The van der Waals surface area contributed by atoms with Gasteiger partial charge in [0.05, 0.1) is 6.10 Å². The van der Waals surface area contributed by atoms with Gasteiger partial charge in [-0.25, -0.2) is 0 Å². The van der Waals surface area contributed by atoms with Crippen LogP contribution in [0.25, 0.3) is 0 Å². The highest BCUT2D eigenvalue weighted by molar-refractivity contribution is 7.99. The number of hydrogen-bond acceptors (Lipinski definition) is 3. The lowest BCUT2D eigenvalue weighted by Gasteiger charge is -2.27. The third-order valence-electron chi connectivity index (χ3n) is 3.06. The highest BCUT2D eigenvalue weighted by Crippen LogP contribution is 2.35. The standard InChI is InChI=1S/C14H21NOS/c1-3-16-11(2)10-15-13-8-9-17-14-7-5-4-6-12(13)14/h4-7,11,13,15H,3,8-10H2,1-2H3. The van der Waals surface area contributed by atoms with E-state index in [1.165, 1.54) is 22.6 Å².